The van der Waals surface area contributed by atoms with Crippen molar-refractivity contribution in [3.63, 3.8) is 0 Å². The summed E-state index contributed by atoms with van der Waals surface area (Å²) in [6.07, 6.45) is 1.77. The summed E-state index contributed by atoms with van der Waals surface area (Å²) in [7, 11) is -0.931. The van der Waals surface area contributed by atoms with Gasteiger partial charge < -0.3 is 19.7 Å². The smallest absolute Gasteiger partial charge is 0.244 e. The lowest BCUT2D eigenvalue weighted by Crippen LogP contribution is -2.52. The van der Waals surface area contributed by atoms with Gasteiger partial charge in [-0.3, -0.25) is 13.9 Å². The minimum Gasteiger partial charge on any atom is -0.493 e. The van der Waals surface area contributed by atoms with Crippen LogP contribution in [0, 0.1) is 6.92 Å². The number of nitrogens with one attached hydrogen (secondary N) is 1. The molecule has 0 aromatic heterocycles. The van der Waals surface area contributed by atoms with Crippen molar-refractivity contribution in [1.29, 1.82) is 0 Å². The molecule has 2 aromatic rings. The van der Waals surface area contributed by atoms with E-state index >= 15 is 0 Å². The van der Waals surface area contributed by atoms with Crippen LogP contribution in [0.1, 0.15) is 38.3 Å². The Morgan fingerprint density at radius 1 is 1.03 bits per heavy atom. The monoisotopic (exact) mass is 519 g/mol. The predicted molar refractivity (Wildman–Crippen MR) is 141 cm³/mol. The molecule has 198 valence electrons. The van der Waals surface area contributed by atoms with Gasteiger partial charge in [-0.05, 0) is 44.9 Å². The topological polar surface area (TPSA) is 105 Å². The number of carbonyl (C=O) groups excluding carboxylic acids is 2. The highest BCUT2D eigenvalue weighted by atomic mass is 32.2. The van der Waals surface area contributed by atoms with Gasteiger partial charge in [-0.25, -0.2) is 8.42 Å². The Labute approximate surface area is 214 Å². The molecule has 2 aromatic carbocycles. The van der Waals surface area contributed by atoms with E-state index in [1.165, 1.54) is 25.2 Å². The number of anilines is 1. The van der Waals surface area contributed by atoms with Crippen LogP contribution in [0.2, 0.25) is 0 Å². The van der Waals surface area contributed by atoms with Gasteiger partial charge in [-0.1, -0.05) is 36.8 Å². The van der Waals surface area contributed by atoms with Crippen molar-refractivity contribution >= 4 is 27.5 Å². The molecule has 0 saturated heterocycles. The van der Waals surface area contributed by atoms with Crippen molar-refractivity contribution in [3.8, 4) is 11.5 Å². The van der Waals surface area contributed by atoms with Gasteiger partial charge in [0.25, 0.3) is 0 Å². The highest BCUT2D eigenvalue weighted by Crippen LogP contribution is 2.32. The molecule has 2 rings (SSSR count). The van der Waals surface area contributed by atoms with Gasteiger partial charge in [0.1, 0.15) is 12.6 Å². The number of methoxy groups -OCH3 is 2. The van der Waals surface area contributed by atoms with E-state index < -0.39 is 28.5 Å². The first kappa shape index (κ1) is 29.0. The second-order valence-corrected chi connectivity index (χ2v) is 10.7. The number of rotatable bonds is 12. The molecule has 10 heteroatoms. The van der Waals surface area contributed by atoms with Crippen molar-refractivity contribution in [1.82, 2.24) is 10.2 Å². The summed E-state index contributed by atoms with van der Waals surface area (Å²) in [6.45, 7) is 7.10. The molecular weight excluding hydrogens is 482 g/mol. The highest BCUT2D eigenvalue weighted by Gasteiger charge is 2.30. The van der Waals surface area contributed by atoms with Gasteiger partial charge in [0.05, 0.1) is 26.2 Å². The Morgan fingerprint density at radius 2 is 1.69 bits per heavy atom. The van der Waals surface area contributed by atoms with Crippen LogP contribution in [0.25, 0.3) is 0 Å². The van der Waals surface area contributed by atoms with Crippen LogP contribution in [0.4, 0.5) is 5.69 Å². The number of benzene rings is 2. The van der Waals surface area contributed by atoms with Gasteiger partial charge in [-0.2, -0.15) is 0 Å². The van der Waals surface area contributed by atoms with Crippen molar-refractivity contribution < 1.29 is 27.5 Å². The number of hydrogen-bond acceptors (Lipinski definition) is 6. The van der Waals surface area contributed by atoms with Crippen molar-refractivity contribution in [2.75, 3.05) is 31.3 Å². The SMILES string of the molecule is CCC(C)NC(=O)C(C)N(Cc1cccc(C)c1)C(=O)CN(c1ccc(OC)c(OC)c1)S(C)(=O)=O. The van der Waals surface area contributed by atoms with Gasteiger partial charge >= 0.3 is 0 Å². The fraction of sp³-hybridized carbons (Fsp3) is 0.462. The third kappa shape index (κ3) is 7.61. The quantitative estimate of drug-likeness (QED) is 0.462. The molecule has 0 radical (unpaired) electrons. The van der Waals surface area contributed by atoms with Crippen LogP contribution in [0.5, 0.6) is 11.5 Å². The second-order valence-electron chi connectivity index (χ2n) is 8.81. The molecule has 0 spiro atoms. The van der Waals surface area contributed by atoms with E-state index in [9.17, 15) is 18.0 Å². The molecule has 2 amide bonds. The minimum atomic E-state index is -3.85. The summed E-state index contributed by atoms with van der Waals surface area (Å²) in [5.41, 5.74) is 2.10. The van der Waals surface area contributed by atoms with Gasteiger partial charge in [-0.15, -0.1) is 0 Å². The van der Waals surface area contributed by atoms with Crippen LogP contribution in [0.15, 0.2) is 42.5 Å². The van der Waals surface area contributed by atoms with Crippen LogP contribution >= 0.6 is 0 Å². The van der Waals surface area contributed by atoms with E-state index in [1.54, 1.807) is 19.1 Å². The van der Waals surface area contributed by atoms with E-state index in [2.05, 4.69) is 5.32 Å². The van der Waals surface area contributed by atoms with Gasteiger partial charge in [0.2, 0.25) is 21.8 Å². The summed E-state index contributed by atoms with van der Waals surface area (Å²) in [5.74, 6) is -0.0580. The molecule has 36 heavy (non-hydrogen) atoms. The standard InChI is InChI=1S/C26H37N3O6S/c1-8-19(3)27-26(31)20(4)28(16-21-11-9-10-18(2)14-21)25(30)17-29(36(7,32)33)22-12-13-23(34-5)24(15-22)35-6/h9-15,19-20H,8,16-17H2,1-7H3,(H,27,31). The third-order valence-corrected chi connectivity index (χ3v) is 7.08. The fourth-order valence-corrected chi connectivity index (χ4v) is 4.49. The number of hydrogen-bond donors (Lipinski definition) is 1. The molecule has 0 heterocycles. The Balaban J connectivity index is 2.44. The van der Waals surface area contributed by atoms with E-state index in [0.717, 1.165) is 28.1 Å². The first-order valence-corrected chi connectivity index (χ1v) is 13.6. The molecule has 0 aliphatic heterocycles. The highest BCUT2D eigenvalue weighted by molar-refractivity contribution is 7.92. The molecule has 0 aliphatic rings. The number of ether oxygens (including phenoxy) is 2. The van der Waals surface area contributed by atoms with Crippen molar-refractivity contribution in [2.45, 2.75) is 52.7 Å². The predicted octanol–water partition coefficient (Wildman–Crippen LogP) is 3.11. The molecule has 0 fully saturated rings. The van der Waals surface area contributed by atoms with Crippen LogP contribution in [-0.4, -0.2) is 64.2 Å². The number of nitrogens with zero attached hydrogens (tertiary/aromatic N) is 2. The summed E-state index contributed by atoms with van der Waals surface area (Å²) >= 11 is 0. The van der Waals surface area contributed by atoms with Crippen LogP contribution < -0.4 is 19.1 Å². The van der Waals surface area contributed by atoms with Crippen LogP contribution in [0.3, 0.4) is 0 Å². The zero-order valence-corrected chi connectivity index (χ0v) is 22.9. The lowest BCUT2D eigenvalue weighted by atomic mass is 10.1. The second kappa shape index (κ2) is 12.6. The average Bonchev–Trinajstić information content (AvgIpc) is 2.83. The number of sulfonamides is 1. The molecule has 0 aliphatic carbocycles. The third-order valence-electron chi connectivity index (χ3n) is 5.94. The van der Waals surface area contributed by atoms with Crippen LogP contribution in [-0.2, 0) is 26.2 Å². The summed E-state index contributed by atoms with van der Waals surface area (Å²) in [4.78, 5) is 28.0. The van der Waals surface area contributed by atoms with E-state index in [-0.39, 0.29) is 24.2 Å². The minimum absolute atomic E-state index is 0.0600. The Bertz CT molecular complexity index is 1170. The van der Waals surface area contributed by atoms with E-state index in [4.69, 9.17) is 9.47 Å². The molecular formula is C26H37N3O6S. The van der Waals surface area contributed by atoms with Crippen molar-refractivity contribution in [2.24, 2.45) is 0 Å². The maximum absolute atomic E-state index is 13.6. The zero-order chi connectivity index (χ0) is 27.0. The van der Waals surface area contributed by atoms with E-state index in [1.807, 2.05) is 45.0 Å². The molecule has 0 bridgehead atoms. The molecule has 1 N–H and O–H groups in total. The lowest BCUT2D eigenvalue weighted by Gasteiger charge is -2.32. The molecule has 2 atom stereocenters. The molecule has 2 unspecified atom stereocenters. The average molecular weight is 520 g/mol. The first-order valence-electron chi connectivity index (χ1n) is 11.8. The van der Waals surface area contributed by atoms with Gasteiger partial charge in [0.15, 0.2) is 11.5 Å². The summed E-state index contributed by atoms with van der Waals surface area (Å²) in [5, 5.41) is 2.91. The number of carbonyl (C=O) groups is 2. The number of aryl methyl sites for hydroxylation is 1. The summed E-state index contributed by atoms with van der Waals surface area (Å²) in [6, 6.07) is 11.4. The summed E-state index contributed by atoms with van der Waals surface area (Å²) < 4.78 is 37.0. The van der Waals surface area contributed by atoms with Crippen molar-refractivity contribution in [3.05, 3.63) is 53.6 Å². The first-order chi connectivity index (χ1) is 16.9. The van der Waals surface area contributed by atoms with Gasteiger partial charge in [0, 0.05) is 18.7 Å². The largest absolute Gasteiger partial charge is 0.493 e. The maximum Gasteiger partial charge on any atom is 0.244 e. The Kier molecular flexibility index (Phi) is 10.2. The maximum atomic E-state index is 13.6. The number of amides is 2. The lowest BCUT2D eigenvalue weighted by molar-refractivity contribution is -0.139. The zero-order valence-electron chi connectivity index (χ0n) is 22.1. The normalized spacial score (nSPS) is 12.9. The Hall–Kier alpha value is -3.27. The molecule has 0 saturated carbocycles. The Morgan fingerprint density at radius 3 is 2.25 bits per heavy atom. The fourth-order valence-electron chi connectivity index (χ4n) is 3.65. The van der Waals surface area contributed by atoms with E-state index in [0.29, 0.717) is 11.5 Å². The molecule has 9 nitrogen and oxygen atoms in total.